The first-order valence-corrected chi connectivity index (χ1v) is 12.8. The zero-order valence-electron chi connectivity index (χ0n) is 21.1. The van der Waals surface area contributed by atoms with Crippen molar-refractivity contribution in [1.29, 1.82) is 0 Å². The number of hydrogen-bond acceptors (Lipinski definition) is 7. The van der Waals surface area contributed by atoms with Crippen LogP contribution in [-0.2, 0) is 6.61 Å². The molecule has 6 aromatic rings. The van der Waals surface area contributed by atoms with Gasteiger partial charge in [0.1, 0.15) is 18.7 Å². The SMILES string of the molecule is Cc1ccc(OCc2nc3c4c(ncn3n2)Oc2c(c(C)nn2-c2cccc(Cl)c2)C4c2cccnc2)cc1. The number of fused-ring (bicyclic) bond motifs is 4. The molecule has 0 aliphatic carbocycles. The van der Waals surface area contributed by atoms with Gasteiger partial charge >= 0.3 is 0 Å². The van der Waals surface area contributed by atoms with Gasteiger partial charge in [-0.1, -0.05) is 41.4 Å². The summed E-state index contributed by atoms with van der Waals surface area (Å²) >= 11 is 6.30. The predicted molar refractivity (Wildman–Crippen MR) is 145 cm³/mol. The average Bonchev–Trinajstić information content (AvgIpc) is 3.52. The van der Waals surface area contributed by atoms with E-state index in [1.165, 1.54) is 5.56 Å². The van der Waals surface area contributed by atoms with Crippen LogP contribution in [0, 0.1) is 13.8 Å². The lowest BCUT2D eigenvalue weighted by molar-refractivity contribution is 0.296. The van der Waals surface area contributed by atoms with Crippen LogP contribution in [0.25, 0.3) is 11.3 Å². The quantitative estimate of drug-likeness (QED) is 0.273. The van der Waals surface area contributed by atoms with Gasteiger partial charge in [0.15, 0.2) is 11.5 Å². The maximum absolute atomic E-state index is 6.45. The number of nitrogens with zero attached hydrogens (tertiary/aromatic N) is 7. The minimum atomic E-state index is -0.281. The molecule has 9 nitrogen and oxygen atoms in total. The molecule has 7 rings (SSSR count). The van der Waals surface area contributed by atoms with Gasteiger partial charge in [0.2, 0.25) is 11.8 Å². The first-order valence-electron chi connectivity index (χ1n) is 12.4. The van der Waals surface area contributed by atoms with Gasteiger partial charge in [0, 0.05) is 17.4 Å². The summed E-state index contributed by atoms with van der Waals surface area (Å²) < 4.78 is 15.8. The lowest BCUT2D eigenvalue weighted by Gasteiger charge is -2.26. The zero-order chi connectivity index (χ0) is 26.5. The highest BCUT2D eigenvalue weighted by atomic mass is 35.5. The minimum Gasteiger partial charge on any atom is -0.486 e. The molecule has 2 aromatic carbocycles. The van der Waals surface area contributed by atoms with Gasteiger partial charge in [-0.05, 0) is 55.8 Å². The largest absolute Gasteiger partial charge is 0.486 e. The smallest absolute Gasteiger partial charge is 0.230 e. The molecule has 0 spiro atoms. The van der Waals surface area contributed by atoms with E-state index in [1.807, 2.05) is 80.7 Å². The highest BCUT2D eigenvalue weighted by Crippen LogP contribution is 2.49. The van der Waals surface area contributed by atoms with E-state index in [2.05, 4.69) is 15.1 Å². The molecule has 39 heavy (non-hydrogen) atoms. The number of aromatic nitrogens is 7. The van der Waals surface area contributed by atoms with Crippen molar-refractivity contribution < 1.29 is 9.47 Å². The number of halogens is 1. The second-order valence-electron chi connectivity index (χ2n) is 9.38. The minimum absolute atomic E-state index is 0.217. The maximum Gasteiger partial charge on any atom is 0.230 e. The van der Waals surface area contributed by atoms with Crippen LogP contribution in [0.5, 0.6) is 17.5 Å². The van der Waals surface area contributed by atoms with Crippen LogP contribution in [-0.4, -0.2) is 34.3 Å². The van der Waals surface area contributed by atoms with Crippen LogP contribution in [0.2, 0.25) is 5.02 Å². The van der Waals surface area contributed by atoms with E-state index in [1.54, 1.807) is 21.7 Å². The second-order valence-corrected chi connectivity index (χ2v) is 9.82. The van der Waals surface area contributed by atoms with Crippen LogP contribution in [0.15, 0.2) is 79.4 Å². The van der Waals surface area contributed by atoms with Crippen LogP contribution in [0.4, 0.5) is 0 Å². The molecule has 0 saturated carbocycles. The van der Waals surface area contributed by atoms with Crippen LogP contribution in [0.3, 0.4) is 0 Å². The number of hydrogen-bond donors (Lipinski definition) is 0. The molecule has 4 aromatic heterocycles. The van der Waals surface area contributed by atoms with E-state index >= 15 is 0 Å². The molecule has 0 radical (unpaired) electrons. The summed E-state index contributed by atoms with van der Waals surface area (Å²) in [6.45, 7) is 4.22. The summed E-state index contributed by atoms with van der Waals surface area (Å²) in [4.78, 5) is 13.9. The summed E-state index contributed by atoms with van der Waals surface area (Å²) in [5, 5.41) is 10.1. The number of aryl methyl sites for hydroxylation is 2. The van der Waals surface area contributed by atoms with Crippen molar-refractivity contribution in [1.82, 2.24) is 34.3 Å². The number of benzene rings is 2. The van der Waals surface area contributed by atoms with E-state index in [4.69, 9.17) is 31.2 Å². The summed E-state index contributed by atoms with van der Waals surface area (Å²) in [6.07, 6.45) is 5.21. The Morgan fingerprint density at radius 1 is 1.00 bits per heavy atom. The fourth-order valence-corrected chi connectivity index (χ4v) is 5.11. The van der Waals surface area contributed by atoms with Crippen molar-refractivity contribution in [2.24, 2.45) is 0 Å². The molecule has 1 aliphatic rings. The van der Waals surface area contributed by atoms with E-state index in [0.717, 1.165) is 33.8 Å². The van der Waals surface area contributed by atoms with Crippen LogP contribution >= 0.6 is 11.6 Å². The maximum atomic E-state index is 6.45. The third-order valence-electron chi connectivity index (χ3n) is 6.72. The standard InChI is InChI=1S/C29H22ClN7O2/c1-17-8-10-22(11-9-17)38-15-23-33-27-26-25(19-5-4-12-31-14-19)24-18(2)34-37(21-7-3-6-20(30)13-21)29(24)39-28(26)32-16-36(27)35-23/h3-14,16,25H,15H2,1-2H3. The highest BCUT2D eigenvalue weighted by molar-refractivity contribution is 6.30. The molecule has 0 fully saturated rings. The lowest BCUT2D eigenvalue weighted by atomic mass is 9.85. The molecular formula is C29H22ClN7O2. The van der Waals surface area contributed by atoms with Gasteiger partial charge in [0.25, 0.3) is 0 Å². The molecule has 10 heteroatoms. The Hall–Kier alpha value is -4.76. The summed E-state index contributed by atoms with van der Waals surface area (Å²) in [5.74, 6) is 2.02. The highest BCUT2D eigenvalue weighted by Gasteiger charge is 2.38. The molecule has 1 aliphatic heterocycles. The van der Waals surface area contributed by atoms with E-state index in [0.29, 0.717) is 28.3 Å². The molecule has 0 bridgehead atoms. The Morgan fingerprint density at radius 3 is 2.67 bits per heavy atom. The van der Waals surface area contributed by atoms with Crippen molar-refractivity contribution in [3.05, 3.63) is 118 Å². The van der Waals surface area contributed by atoms with Crippen LogP contribution in [0.1, 0.15) is 39.7 Å². The topological polar surface area (TPSA) is 92.3 Å². The van der Waals surface area contributed by atoms with E-state index < -0.39 is 0 Å². The van der Waals surface area contributed by atoms with Gasteiger partial charge in [-0.15, -0.1) is 5.10 Å². The number of rotatable bonds is 5. The monoisotopic (exact) mass is 535 g/mol. The molecule has 192 valence electrons. The molecular weight excluding hydrogens is 514 g/mol. The molecule has 0 saturated heterocycles. The van der Waals surface area contributed by atoms with Crippen molar-refractivity contribution >= 4 is 17.2 Å². The van der Waals surface area contributed by atoms with Gasteiger partial charge < -0.3 is 9.47 Å². The molecule has 0 N–H and O–H groups in total. The Bertz CT molecular complexity index is 1830. The fourth-order valence-electron chi connectivity index (χ4n) is 4.93. The van der Waals surface area contributed by atoms with Crippen molar-refractivity contribution in [2.75, 3.05) is 0 Å². The molecule has 1 atom stereocenters. The summed E-state index contributed by atoms with van der Waals surface area (Å²) in [7, 11) is 0. The first kappa shape index (κ1) is 23.4. The van der Waals surface area contributed by atoms with Crippen molar-refractivity contribution in [3.63, 3.8) is 0 Å². The van der Waals surface area contributed by atoms with Gasteiger partial charge in [-0.3, -0.25) is 4.98 Å². The lowest BCUT2D eigenvalue weighted by Crippen LogP contribution is -2.16. The third kappa shape index (κ3) is 4.07. The summed E-state index contributed by atoms with van der Waals surface area (Å²) in [6, 6.07) is 19.3. The van der Waals surface area contributed by atoms with Crippen molar-refractivity contribution in [2.45, 2.75) is 26.4 Å². The number of ether oxygens (including phenoxy) is 2. The molecule has 0 amide bonds. The summed E-state index contributed by atoms with van der Waals surface area (Å²) in [5.41, 5.74) is 6.07. The Balaban J connectivity index is 1.36. The third-order valence-corrected chi connectivity index (χ3v) is 6.96. The Morgan fingerprint density at radius 2 is 1.87 bits per heavy atom. The Kier molecular flexibility index (Phi) is 5.52. The molecule has 5 heterocycles. The Labute approximate surface area is 228 Å². The van der Waals surface area contributed by atoms with Gasteiger partial charge in [0.05, 0.1) is 28.4 Å². The second kappa shape index (κ2) is 9.21. The van der Waals surface area contributed by atoms with Crippen molar-refractivity contribution in [3.8, 4) is 23.2 Å². The van der Waals surface area contributed by atoms with E-state index in [9.17, 15) is 0 Å². The zero-order valence-corrected chi connectivity index (χ0v) is 21.9. The van der Waals surface area contributed by atoms with E-state index in [-0.39, 0.29) is 12.5 Å². The average molecular weight is 536 g/mol. The molecule has 1 unspecified atom stereocenters. The van der Waals surface area contributed by atoms with Gasteiger partial charge in [-0.25, -0.2) is 19.2 Å². The van der Waals surface area contributed by atoms with Gasteiger partial charge in [-0.2, -0.15) is 5.10 Å². The van der Waals surface area contributed by atoms with Crippen LogP contribution < -0.4 is 9.47 Å². The normalized spacial score (nSPS) is 14.1. The fraction of sp³-hybridized carbons (Fsp3) is 0.138. The predicted octanol–water partition coefficient (Wildman–Crippen LogP) is 5.84. The number of pyridine rings is 1. The first-order chi connectivity index (χ1) is 19.0.